The van der Waals surface area contributed by atoms with Gasteiger partial charge in [-0.05, 0) is 24.1 Å². The molecule has 0 fully saturated rings. The summed E-state index contributed by atoms with van der Waals surface area (Å²) in [6.07, 6.45) is 2.09. The van der Waals surface area contributed by atoms with Gasteiger partial charge in [-0.1, -0.05) is 66.7 Å². The summed E-state index contributed by atoms with van der Waals surface area (Å²) < 4.78 is 5.88. The summed E-state index contributed by atoms with van der Waals surface area (Å²) in [5.41, 5.74) is 2.39. The van der Waals surface area contributed by atoms with Gasteiger partial charge in [0.25, 0.3) is 0 Å². The van der Waals surface area contributed by atoms with Crippen LogP contribution >= 0.6 is 0 Å². The Kier molecular flexibility index (Phi) is 5.49. The van der Waals surface area contributed by atoms with E-state index in [1.165, 1.54) is 0 Å². The molecule has 0 spiro atoms. The van der Waals surface area contributed by atoms with Crippen molar-refractivity contribution in [1.82, 2.24) is 0 Å². The smallest absolute Gasteiger partial charge is 0.196 e. The number of ether oxygens (including phenoxy) is 1. The van der Waals surface area contributed by atoms with Crippen LogP contribution in [0.2, 0.25) is 0 Å². The highest BCUT2D eigenvalue weighted by atomic mass is 16.5. The van der Waals surface area contributed by atoms with Gasteiger partial charge in [-0.25, -0.2) is 0 Å². The quantitative estimate of drug-likeness (QED) is 0.488. The van der Waals surface area contributed by atoms with Gasteiger partial charge in [0.15, 0.2) is 5.78 Å². The second kappa shape index (κ2) is 8.17. The number of aromatic hydroxyl groups is 1. The predicted molar refractivity (Wildman–Crippen MR) is 103 cm³/mol. The summed E-state index contributed by atoms with van der Waals surface area (Å²) in [6, 6.07) is 22.0. The molecule has 130 valence electrons. The molecule has 3 rings (SSSR count). The van der Waals surface area contributed by atoms with Gasteiger partial charge in [-0.2, -0.15) is 0 Å². The first-order chi connectivity index (χ1) is 12.7. The number of carbonyl (C=O) groups excluding carboxylic acids is 1. The zero-order valence-corrected chi connectivity index (χ0v) is 14.4. The van der Waals surface area contributed by atoms with E-state index in [1.807, 2.05) is 36.4 Å². The topological polar surface area (TPSA) is 46.5 Å². The van der Waals surface area contributed by atoms with E-state index in [2.05, 4.69) is 6.58 Å². The number of ketones is 1. The highest BCUT2D eigenvalue weighted by molar-refractivity contribution is 6.11. The summed E-state index contributed by atoms with van der Waals surface area (Å²) >= 11 is 0. The zero-order chi connectivity index (χ0) is 18.4. The van der Waals surface area contributed by atoms with E-state index < -0.39 is 0 Å². The Balaban J connectivity index is 1.91. The van der Waals surface area contributed by atoms with Crippen molar-refractivity contribution in [1.29, 1.82) is 0 Å². The molecule has 3 nitrogen and oxygen atoms in total. The Bertz CT molecular complexity index is 899. The van der Waals surface area contributed by atoms with Gasteiger partial charge < -0.3 is 9.84 Å². The highest BCUT2D eigenvalue weighted by Crippen LogP contribution is 2.34. The fourth-order valence-corrected chi connectivity index (χ4v) is 2.76. The third-order valence-electron chi connectivity index (χ3n) is 4.11. The predicted octanol–water partition coefficient (Wildman–Crippen LogP) is 4.93. The normalized spacial score (nSPS) is 10.3. The lowest BCUT2D eigenvalue weighted by Crippen LogP contribution is -2.05. The summed E-state index contributed by atoms with van der Waals surface area (Å²) in [6.45, 7) is 4.12. The maximum absolute atomic E-state index is 12.7. The molecule has 1 N–H and O–H groups in total. The molecule has 0 atom stereocenters. The number of allylic oxidation sites excluding steroid dienone is 1. The fourth-order valence-electron chi connectivity index (χ4n) is 2.76. The maximum Gasteiger partial charge on any atom is 0.196 e. The van der Waals surface area contributed by atoms with Gasteiger partial charge in [-0.15, -0.1) is 6.58 Å². The van der Waals surface area contributed by atoms with Crippen LogP contribution in [0.5, 0.6) is 11.5 Å². The van der Waals surface area contributed by atoms with E-state index >= 15 is 0 Å². The van der Waals surface area contributed by atoms with Gasteiger partial charge >= 0.3 is 0 Å². The second-order valence-corrected chi connectivity index (χ2v) is 5.90. The standard InChI is InChI=1S/C23H20O3/c1-2-9-19-21(26-16-17-10-5-3-6-11-17)15-14-20(23(19)25)22(24)18-12-7-4-8-13-18/h2-8,10-15,25H,1,9,16H2. The maximum atomic E-state index is 12.7. The van der Waals surface area contributed by atoms with Crippen LogP contribution in [0.1, 0.15) is 27.0 Å². The Morgan fingerprint density at radius 3 is 2.27 bits per heavy atom. The summed E-state index contributed by atoms with van der Waals surface area (Å²) in [4.78, 5) is 12.7. The van der Waals surface area contributed by atoms with Crippen molar-refractivity contribution in [2.45, 2.75) is 13.0 Å². The van der Waals surface area contributed by atoms with E-state index in [9.17, 15) is 9.90 Å². The van der Waals surface area contributed by atoms with E-state index in [0.717, 1.165) is 5.56 Å². The SMILES string of the molecule is C=CCc1c(OCc2ccccc2)ccc(C(=O)c2ccccc2)c1O. The lowest BCUT2D eigenvalue weighted by Gasteiger charge is -2.15. The average molecular weight is 344 g/mol. The number of rotatable bonds is 7. The van der Waals surface area contributed by atoms with Crippen LogP contribution in [0.3, 0.4) is 0 Å². The molecule has 0 aliphatic heterocycles. The minimum absolute atomic E-state index is 0.0516. The minimum Gasteiger partial charge on any atom is -0.507 e. The van der Waals surface area contributed by atoms with Crippen LogP contribution in [0, 0.1) is 0 Å². The first-order valence-electron chi connectivity index (χ1n) is 8.43. The Morgan fingerprint density at radius 1 is 0.962 bits per heavy atom. The summed E-state index contributed by atoms with van der Waals surface area (Å²) in [5, 5.41) is 10.7. The van der Waals surface area contributed by atoms with Crippen LogP contribution in [-0.2, 0) is 13.0 Å². The van der Waals surface area contributed by atoms with Gasteiger partial charge in [0.05, 0.1) is 5.56 Å². The number of hydrogen-bond acceptors (Lipinski definition) is 3. The molecule has 0 bridgehead atoms. The molecule has 3 heteroatoms. The average Bonchev–Trinajstić information content (AvgIpc) is 2.69. The van der Waals surface area contributed by atoms with Gasteiger partial charge in [0.1, 0.15) is 18.1 Å². The van der Waals surface area contributed by atoms with E-state index in [0.29, 0.717) is 29.9 Å². The molecule has 3 aromatic rings. The third kappa shape index (κ3) is 3.83. The van der Waals surface area contributed by atoms with Gasteiger partial charge in [0.2, 0.25) is 0 Å². The molecule has 0 amide bonds. The number of phenolic OH excluding ortho intramolecular Hbond substituents is 1. The largest absolute Gasteiger partial charge is 0.507 e. The molecule has 0 saturated heterocycles. The molecular formula is C23H20O3. The fraction of sp³-hybridized carbons (Fsp3) is 0.0870. The van der Waals surface area contributed by atoms with Gasteiger partial charge in [0, 0.05) is 11.1 Å². The molecule has 0 unspecified atom stereocenters. The Hall–Kier alpha value is -3.33. The summed E-state index contributed by atoms with van der Waals surface area (Å²) in [7, 11) is 0. The lowest BCUT2D eigenvalue weighted by molar-refractivity contribution is 0.103. The molecule has 0 saturated carbocycles. The van der Waals surface area contributed by atoms with E-state index in [1.54, 1.807) is 42.5 Å². The van der Waals surface area contributed by atoms with Crippen LogP contribution in [-0.4, -0.2) is 10.9 Å². The molecule has 0 aromatic heterocycles. The van der Waals surface area contributed by atoms with Crippen molar-refractivity contribution >= 4 is 5.78 Å². The van der Waals surface area contributed by atoms with Crippen molar-refractivity contribution in [2.24, 2.45) is 0 Å². The molecule has 0 heterocycles. The molecule has 3 aromatic carbocycles. The number of phenols is 1. The van der Waals surface area contributed by atoms with Crippen LogP contribution < -0.4 is 4.74 Å². The molecular weight excluding hydrogens is 324 g/mol. The first-order valence-corrected chi connectivity index (χ1v) is 8.43. The molecule has 0 aliphatic carbocycles. The van der Waals surface area contributed by atoms with Crippen LogP contribution in [0.15, 0.2) is 85.5 Å². The monoisotopic (exact) mass is 344 g/mol. The lowest BCUT2D eigenvalue weighted by atomic mass is 9.98. The van der Waals surface area contributed by atoms with E-state index in [-0.39, 0.29) is 17.1 Å². The van der Waals surface area contributed by atoms with Crippen molar-refractivity contribution in [3.05, 3.63) is 108 Å². The van der Waals surface area contributed by atoms with Crippen molar-refractivity contribution in [2.75, 3.05) is 0 Å². The molecule has 0 radical (unpaired) electrons. The molecule has 0 aliphatic rings. The molecule has 26 heavy (non-hydrogen) atoms. The van der Waals surface area contributed by atoms with Crippen LogP contribution in [0.4, 0.5) is 0 Å². The first kappa shape index (κ1) is 17.5. The van der Waals surface area contributed by atoms with E-state index in [4.69, 9.17) is 4.74 Å². The number of hydrogen-bond donors (Lipinski definition) is 1. The van der Waals surface area contributed by atoms with Gasteiger partial charge in [-0.3, -0.25) is 4.79 Å². The van der Waals surface area contributed by atoms with Crippen LogP contribution in [0.25, 0.3) is 0 Å². The summed E-state index contributed by atoms with van der Waals surface area (Å²) in [5.74, 6) is 0.281. The van der Waals surface area contributed by atoms with Crippen molar-refractivity contribution in [3.8, 4) is 11.5 Å². The zero-order valence-electron chi connectivity index (χ0n) is 14.4. The number of benzene rings is 3. The van der Waals surface area contributed by atoms with Crippen molar-refractivity contribution < 1.29 is 14.6 Å². The Labute approximate surface area is 153 Å². The highest BCUT2D eigenvalue weighted by Gasteiger charge is 2.19. The second-order valence-electron chi connectivity index (χ2n) is 5.90. The number of carbonyl (C=O) groups is 1. The van der Waals surface area contributed by atoms with Crippen molar-refractivity contribution in [3.63, 3.8) is 0 Å². The third-order valence-corrected chi connectivity index (χ3v) is 4.11. The Morgan fingerprint density at radius 2 is 1.62 bits per heavy atom. The minimum atomic E-state index is -0.219.